The van der Waals surface area contributed by atoms with Crippen LogP contribution in [0.1, 0.15) is 47.4 Å². The molecule has 1 saturated carbocycles. The highest BCUT2D eigenvalue weighted by atomic mass is 16.2. The van der Waals surface area contributed by atoms with Gasteiger partial charge < -0.3 is 16.0 Å². The number of imidazole rings is 1. The van der Waals surface area contributed by atoms with Crippen LogP contribution in [-0.2, 0) is 0 Å². The Balaban J connectivity index is 1.36. The minimum Gasteiger partial charge on any atom is -0.367 e. The smallest absolute Gasteiger partial charge is 0.255 e. The van der Waals surface area contributed by atoms with E-state index in [-0.39, 0.29) is 11.8 Å². The lowest BCUT2D eigenvalue weighted by atomic mass is 10.1. The summed E-state index contributed by atoms with van der Waals surface area (Å²) in [6, 6.07) is 24.8. The third kappa shape index (κ3) is 5.96. The summed E-state index contributed by atoms with van der Waals surface area (Å²) in [5.41, 5.74) is 5.95. The summed E-state index contributed by atoms with van der Waals surface area (Å²) < 4.78 is 2.01. The molecule has 5 aromatic rings. The predicted octanol–water partition coefficient (Wildman–Crippen LogP) is 6.28. The van der Waals surface area contributed by atoms with E-state index in [2.05, 4.69) is 29.8 Å². The minimum atomic E-state index is -0.189. The first-order valence-corrected chi connectivity index (χ1v) is 13.9. The molecule has 3 N–H and O–H groups in total. The second kappa shape index (κ2) is 11.3. The Bertz CT molecular complexity index is 1710. The molecule has 1 aliphatic carbocycles. The number of rotatable bonds is 9. The summed E-state index contributed by atoms with van der Waals surface area (Å²) in [5.74, 6) is 0.850. The average molecular weight is 545 g/mol. The molecule has 1 aliphatic rings. The van der Waals surface area contributed by atoms with Crippen molar-refractivity contribution >= 4 is 29.0 Å². The van der Waals surface area contributed by atoms with E-state index in [4.69, 9.17) is 9.97 Å². The van der Waals surface area contributed by atoms with E-state index < -0.39 is 0 Å². The number of hydrogen-bond acceptors (Lipinski definition) is 5. The highest BCUT2D eigenvalue weighted by Gasteiger charge is 2.24. The summed E-state index contributed by atoms with van der Waals surface area (Å²) in [7, 11) is 0. The van der Waals surface area contributed by atoms with Gasteiger partial charge in [0.1, 0.15) is 0 Å². The Kier molecular flexibility index (Phi) is 7.20. The van der Waals surface area contributed by atoms with Crippen molar-refractivity contribution in [1.29, 1.82) is 0 Å². The fourth-order valence-electron chi connectivity index (χ4n) is 4.59. The Hall–Kier alpha value is -4.98. The number of amides is 2. The van der Waals surface area contributed by atoms with Crippen molar-refractivity contribution in [2.45, 2.75) is 32.7 Å². The monoisotopic (exact) mass is 544 g/mol. The van der Waals surface area contributed by atoms with Gasteiger partial charge in [0.2, 0.25) is 0 Å². The van der Waals surface area contributed by atoms with E-state index in [1.54, 1.807) is 6.07 Å². The molecule has 0 saturated heterocycles. The topological polar surface area (TPSA) is 100 Å². The fraction of sp³-hybridized carbons (Fsp3) is 0.212. The van der Waals surface area contributed by atoms with E-state index >= 15 is 0 Å². The zero-order valence-corrected chi connectivity index (χ0v) is 23.1. The van der Waals surface area contributed by atoms with Crippen LogP contribution in [0.3, 0.4) is 0 Å². The van der Waals surface area contributed by atoms with Crippen molar-refractivity contribution in [3.8, 4) is 22.5 Å². The minimum absolute atomic E-state index is 0.0416. The fourth-order valence-corrected chi connectivity index (χ4v) is 4.59. The number of para-hydroxylation sites is 1. The molecule has 0 aliphatic heterocycles. The van der Waals surface area contributed by atoms with Crippen LogP contribution in [0, 0.1) is 5.92 Å². The molecular formula is C33H32N6O2. The third-order valence-corrected chi connectivity index (χ3v) is 6.98. The van der Waals surface area contributed by atoms with Crippen molar-refractivity contribution in [3.63, 3.8) is 0 Å². The van der Waals surface area contributed by atoms with Crippen molar-refractivity contribution in [3.05, 3.63) is 102 Å². The number of nitrogens with one attached hydrogen (secondary N) is 3. The van der Waals surface area contributed by atoms with Gasteiger partial charge in [-0.2, -0.15) is 0 Å². The van der Waals surface area contributed by atoms with Crippen LogP contribution in [0.4, 0.5) is 11.5 Å². The van der Waals surface area contributed by atoms with Gasteiger partial charge in [-0.1, -0.05) is 56.3 Å². The van der Waals surface area contributed by atoms with Crippen LogP contribution in [0.25, 0.3) is 28.2 Å². The standard InChI is InChI=1S/C33H32N6O2/c1-21(2)18-34-30-31-35-19-29(22-11-13-23(14-12-22)32(40)37-27-15-16-27)39(31)20-28(38-30)24-7-6-8-25(17-24)33(41)36-26-9-4-3-5-10-26/h3-14,17,19-21,27H,15-16,18H2,1-2H3,(H,34,38)(H,36,41)(H,37,40). The van der Waals surface area contributed by atoms with Gasteiger partial charge in [-0.3, -0.25) is 14.0 Å². The van der Waals surface area contributed by atoms with E-state index in [9.17, 15) is 9.59 Å². The molecule has 8 nitrogen and oxygen atoms in total. The Morgan fingerprint density at radius 2 is 1.68 bits per heavy atom. The number of benzene rings is 3. The molecule has 41 heavy (non-hydrogen) atoms. The average Bonchev–Trinajstić information content (AvgIpc) is 3.71. The van der Waals surface area contributed by atoms with Gasteiger partial charge in [0, 0.05) is 46.7 Å². The van der Waals surface area contributed by atoms with E-state index in [0.29, 0.717) is 40.2 Å². The molecule has 206 valence electrons. The number of hydrogen-bond donors (Lipinski definition) is 3. The molecule has 3 aromatic carbocycles. The van der Waals surface area contributed by atoms with Crippen LogP contribution in [0.2, 0.25) is 0 Å². The maximum atomic E-state index is 13.0. The van der Waals surface area contributed by atoms with E-state index in [0.717, 1.165) is 41.9 Å². The molecule has 0 bridgehead atoms. The van der Waals surface area contributed by atoms with E-state index in [1.165, 1.54) is 0 Å². The van der Waals surface area contributed by atoms with Crippen LogP contribution < -0.4 is 16.0 Å². The zero-order valence-electron chi connectivity index (χ0n) is 23.1. The number of aromatic nitrogens is 3. The van der Waals surface area contributed by atoms with Crippen molar-refractivity contribution in [1.82, 2.24) is 19.7 Å². The largest absolute Gasteiger partial charge is 0.367 e. The highest BCUT2D eigenvalue weighted by Crippen LogP contribution is 2.29. The summed E-state index contributed by atoms with van der Waals surface area (Å²) in [6.07, 6.45) is 5.87. The van der Waals surface area contributed by atoms with Gasteiger partial charge in [0.05, 0.1) is 17.6 Å². The maximum Gasteiger partial charge on any atom is 0.255 e. The van der Waals surface area contributed by atoms with Gasteiger partial charge in [-0.25, -0.2) is 9.97 Å². The third-order valence-electron chi connectivity index (χ3n) is 6.98. The molecule has 2 heterocycles. The molecule has 0 spiro atoms. The Labute approximate surface area is 238 Å². The molecule has 0 atom stereocenters. The number of nitrogens with zero attached hydrogens (tertiary/aromatic N) is 3. The van der Waals surface area contributed by atoms with Crippen molar-refractivity contribution in [2.75, 3.05) is 17.2 Å². The predicted molar refractivity (Wildman–Crippen MR) is 162 cm³/mol. The lowest BCUT2D eigenvalue weighted by Gasteiger charge is -2.13. The summed E-state index contributed by atoms with van der Waals surface area (Å²) in [4.78, 5) is 35.1. The van der Waals surface area contributed by atoms with Crippen molar-refractivity contribution in [2.24, 2.45) is 5.92 Å². The second-order valence-corrected chi connectivity index (χ2v) is 10.8. The molecule has 2 aromatic heterocycles. The molecule has 2 amide bonds. The second-order valence-electron chi connectivity index (χ2n) is 10.8. The van der Waals surface area contributed by atoms with E-state index in [1.807, 2.05) is 89.6 Å². The summed E-state index contributed by atoms with van der Waals surface area (Å²) >= 11 is 0. The number of carbonyl (C=O) groups is 2. The number of fused-ring (bicyclic) bond motifs is 1. The number of carbonyl (C=O) groups excluding carboxylic acids is 2. The first-order chi connectivity index (χ1) is 19.9. The molecular weight excluding hydrogens is 512 g/mol. The van der Waals surface area contributed by atoms with Gasteiger partial charge in [-0.05, 0) is 55.2 Å². The van der Waals surface area contributed by atoms with Crippen molar-refractivity contribution < 1.29 is 9.59 Å². The summed E-state index contributed by atoms with van der Waals surface area (Å²) in [6.45, 7) is 5.01. The lowest BCUT2D eigenvalue weighted by Crippen LogP contribution is -2.25. The quantitative estimate of drug-likeness (QED) is 0.203. The van der Waals surface area contributed by atoms with Gasteiger partial charge in [0.25, 0.3) is 11.8 Å². The first-order valence-electron chi connectivity index (χ1n) is 13.9. The Morgan fingerprint density at radius 1 is 0.902 bits per heavy atom. The molecule has 6 rings (SSSR count). The van der Waals surface area contributed by atoms with Crippen LogP contribution in [0.5, 0.6) is 0 Å². The van der Waals surface area contributed by atoms with Crippen LogP contribution >= 0.6 is 0 Å². The van der Waals surface area contributed by atoms with Gasteiger partial charge in [-0.15, -0.1) is 0 Å². The number of anilines is 2. The zero-order chi connectivity index (χ0) is 28.3. The van der Waals surface area contributed by atoms with Crippen LogP contribution in [0.15, 0.2) is 91.3 Å². The Morgan fingerprint density at radius 3 is 2.41 bits per heavy atom. The molecule has 0 radical (unpaired) electrons. The highest BCUT2D eigenvalue weighted by molar-refractivity contribution is 6.05. The lowest BCUT2D eigenvalue weighted by molar-refractivity contribution is 0.0950. The molecule has 1 fully saturated rings. The summed E-state index contributed by atoms with van der Waals surface area (Å²) in [5, 5.41) is 9.44. The van der Waals surface area contributed by atoms with Gasteiger partial charge in [0.15, 0.2) is 11.5 Å². The molecule has 8 heteroatoms. The molecule has 0 unspecified atom stereocenters. The first kappa shape index (κ1) is 26.3. The van der Waals surface area contributed by atoms with Gasteiger partial charge >= 0.3 is 0 Å². The maximum absolute atomic E-state index is 13.0. The van der Waals surface area contributed by atoms with Crippen LogP contribution in [-0.4, -0.2) is 38.8 Å². The SMILES string of the molecule is CC(C)CNc1nc(-c2cccc(C(=O)Nc3ccccc3)c2)cn2c(-c3ccc(C(=O)NC4CC4)cc3)cnc12. The normalized spacial score (nSPS) is 12.9.